The second-order valence-corrected chi connectivity index (χ2v) is 13.1. The minimum Gasteiger partial charge on any atom is -0.199 e. The third kappa shape index (κ3) is 5.20. The molecule has 0 aliphatic rings. The molecule has 0 aromatic heterocycles. The molecule has 0 saturated heterocycles. The van der Waals surface area contributed by atoms with Crippen molar-refractivity contribution in [2.45, 2.75) is 20.2 Å². The molecule has 0 N–H and O–H groups in total. The molecule has 3 aromatic carbocycles. The van der Waals surface area contributed by atoms with Crippen molar-refractivity contribution in [3.8, 4) is 0 Å². The number of alkyl halides is 3. The van der Waals surface area contributed by atoms with Gasteiger partial charge in [-0.3, -0.25) is 0 Å². The molecule has 0 saturated carbocycles. The van der Waals surface area contributed by atoms with Gasteiger partial charge in [-0.15, -0.1) is 0 Å². The summed E-state index contributed by atoms with van der Waals surface area (Å²) in [5.74, 6) is 0. The van der Waals surface area contributed by atoms with Crippen LogP contribution in [0.1, 0.15) is 0 Å². The van der Waals surface area contributed by atoms with Gasteiger partial charge in [0.2, 0.25) is 0 Å². The maximum atomic E-state index is 13.6. The second-order valence-electron chi connectivity index (χ2n) is 6.23. The van der Waals surface area contributed by atoms with Gasteiger partial charge in [-0.1, -0.05) is 87.8 Å². The molecule has 33 heavy (non-hydrogen) atoms. The molecule has 0 atom stereocenters. The Morgan fingerprint density at radius 3 is 1.36 bits per heavy atom. The highest BCUT2D eigenvalue weighted by Gasteiger charge is 2.54. The van der Waals surface area contributed by atoms with Crippen LogP contribution in [-0.2, 0) is 13.7 Å². The SMILES string of the molecule is O=S(=O)(OS(c1ccccc1)(c1c(Cl)cc(Cl)cc1Cl)c1c(Cl)cc(Cl)cc1Cl)C(F)(F)F. The van der Waals surface area contributed by atoms with Crippen molar-refractivity contribution in [3.63, 3.8) is 0 Å². The van der Waals surface area contributed by atoms with Gasteiger partial charge in [0.05, 0.1) is 29.9 Å². The molecule has 3 rings (SSSR count). The summed E-state index contributed by atoms with van der Waals surface area (Å²) >= 11 is 37.5. The number of halogens is 9. The van der Waals surface area contributed by atoms with Crippen molar-refractivity contribution in [3.05, 3.63) is 84.7 Å². The topological polar surface area (TPSA) is 43.4 Å². The van der Waals surface area contributed by atoms with E-state index in [1.165, 1.54) is 48.5 Å². The smallest absolute Gasteiger partial charge is 0.199 e. The molecule has 3 nitrogen and oxygen atoms in total. The summed E-state index contributed by atoms with van der Waals surface area (Å²) in [7, 11) is -10.2. The summed E-state index contributed by atoms with van der Waals surface area (Å²) in [6, 6.07) is 11.8. The van der Waals surface area contributed by atoms with E-state index in [9.17, 15) is 21.6 Å². The van der Waals surface area contributed by atoms with Crippen LogP contribution in [0, 0.1) is 0 Å². The highest BCUT2D eigenvalue weighted by molar-refractivity contribution is 8.33. The Morgan fingerprint density at radius 1 is 0.667 bits per heavy atom. The minimum atomic E-state index is -6.25. The van der Waals surface area contributed by atoms with Gasteiger partial charge >= 0.3 is 15.6 Å². The quantitative estimate of drug-likeness (QED) is 0.267. The maximum absolute atomic E-state index is 13.6. The molecule has 0 spiro atoms. The van der Waals surface area contributed by atoms with Crippen molar-refractivity contribution in [1.82, 2.24) is 0 Å². The Kier molecular flexibility index (Phi) is 8.06. The first-order valence-corrected chi connectivity index (χ1v) is 13.6. The van der Waals surface area contributed by atoms with E-state index in [0.29, 0.717) is 0 Å². The van der Waals surface area contributed by atoms with Crippen molar-refractivity contribution < 1.29 is 25.2 Å². The van der Waals surface area contributed by atoms with Crippen LogP contribution in [-0.4, -0.2) is 13.9 Å². The van der Waals surface area contributed by atoms with Crippen LogP contribution in [0.25, 0.3) is 0 Å². The summed E-state index contributed by atoms with van der Waals surface area (Å²) in [5.41, 5.74) is -5.79. The molecule has 0 unspecified atom stereocenters. The van der Waals surface area contributed by atoms with Gasteiger partial charge < -0.3 is 0 Å². The van der Waals surface area contributed by atoms with E-state index in [1.54, 1.807) is 6.07 Å². The minimum absolute atomic E-state index is 0.0436. The van der Waals surface area contributed by atoms with Gasteiger partial charge in [0, 0.05) is 14.9 Å². The van der Waals surface area contributed by atoms with Crippen LogP contribution in [0.5, 0.6) is 0 Å². The fraction of sp³-hybridized carbons (Fsp3) is 0.0526. The first-order chi connectivity index (χ1) is 15.2. The molecule has 3 aromatic rings. The molecule has 0 bridgehead atoms. The van der Waals surface area contributed by atoms with Crippen LogP contribution < -0.4 is 0 Å². The highest BCUT2D eigenvalue weighted by Crippen LogP contribution is 2.76. The summed E-state index contributed by atoms with van der Waals surface area (Å²) < 4.78 is 70.6. The molecule has 0 aliphatic heterocycles. The van der Waals surface area contributed by atoms with E-state index in [1.807, 2.05) is 0 Å². The molecule has 0 amide bonds. The molecule has 178 valence electrons. The Balaban J connectivity index is 2.62. The third-order valence-electron chi connectivity index (χ3n) is 4.05. The number of hydrogen-bond donors (Lipinski definition) is 0. The lowest BCUT2D eigenvalue weighted by Crippen LogP contribution is -2.28. The van der Waals surface area contributed by atoms with E-state index in [4.69, 9.17) is 73.2 Å². The Hall–Kier alpha value is -0.550. The zero-order valence-electron chi connectivity index (χ0n) is 15.6. The lowest BCUT2D eigenvalue weighted by Gasteiger charge is -2.41. The molecule has 0 fully saturated rings. The van der Waals surface area contributed by atoms with E-state index in [-0.39, 0.29) is 44.8 Å². The predicted molar refractivity (Wildman–Crippen MR) is 128 cm³/mol. The monoisotopic (exact) mass is 616 g/mol. The van der Waals surface area contributed by atoms with Crippen molar-refractivity contribution in [2.75, 3.05) is 0 Å². The van der Waals surface area contributed by atoms with E-state index >= 15 is 0 Å². The van der Waals surface area contributed by atoms with E-state index in [0.717, 1.165) is 0 Å². The molecular weight excluding hydrogens is 610 g/mol. The molecule has 0 heterocycles. The fourth-order valence-corrected chi connectivity index (χ4v) is 10.6. The third-order valence-corrected chi connectivity index (χ3v) is 11.2. The number of rotatable bonds is 5. The van der Waals surface area contributed by atoms with Crippen LogP contribution in [0.3, 0.4) is 0 Å². The largest absolute Gasteiger partial charge is 0.524 e. The Labute approximate surface area is 218 Å². The Bertz CT molecular complexity index is 1210. The van der Waals surface area contributed by atoms with Crippen molar-refractivity contribution in [2.24, 2.45) is 0 Å². The lowest BCUT2D eigenvalue weighted by atomic mass is 10.3. The van der Waals surface area contributed by atoms with Crippen LogP contribution >= 0.6 is 79.9 Å². The number of hydrogen-bond acceptors (Lipinski definition) is 3. The first kappa shape index (κ1) is 27.0. The fourth-order valence-electron chi connectivity index (χ4n) is 2.84. The van der Waals surface area contributed by atoms with Gasteiger partial charge in [-0.25, -0.2) is 0 Å². The van der Waals surface area contributed by atoms with Gasteiger partial charge in [0.25, 0.3) is 0 Å². The van der Waals surface area contributed by atoms with Crippen LogP contribution in [0.15, 0.2) is 69.3 Å². The molecule has 14 heteroatoms. The summed E-state index contributed by atoms with van der Waals surface area (Å²) in [6.07, 6.45) is 0. The van der Waals surface area contributed by atoms with Gasteiger partial charge in [-0.2, -0.15) is 25.2 Å². The van der Waals surface area contributed by atoms with E-state index in [2.05, 4.69) is 0 Å². The summed E-state index contributed by atoms with van der Waals surface area (Å²) in [5, 5.41) is -1.00. The number of benzene rings is 3. The van der Waals surface area contributed by atoms with Gasteiger partial charge in [0.15, 0.2) is 0 Å². The first-order valence-electron chi connectivity index (χ1n) is 8.40. The zero-order valence-corrected chi connectivity index (χ0v) is 21.8. The standard InChI is InChI=1S/C19H9Cl6F3O3S2/c20-10-6-13(22)17(14(23)7-10)32(12-4-2-1-3-5-12,31-33(29,30)19(26,27)28)18-15(24)8-11(21)9-16(18)25/h1-9H. The molecular formula is C19H9Cl6F3O3S2. The summed E-state index contributed by atoms with van der Waals surface area (Å²) in [4.78, 5) is -0.657. The second kappa shape index (κ2) is 9.84. The Morgan fingerprint density at radius 2 is 1.03 bits per heavy atom. The highest BCUT2D eigenvalue weighted by atomic mass is 35.5. The molecule has 0 radical (unpaired) electrons. The predicted octanol–water partition coefficient (Wildman–Crippen LogP) is 9.67. The zero-order chi connectivity index (χ0) is 24.8. The average Bonchev–Trinajstić information content (AvgIpc) is 2.65. The van der Waals surface area contributed by atoms with Gasteiger partial charge in [0.1, 0.15) is 0 Å². The van der Waals surface area contributed by atoms with Gasteiger partial charge in [-0.05, 0) is 46.7 Å². The van der Waals surface area contributed by atoms with Crippen LogP contribution in [0.2, 0.25) is 30.1 Å². The average molecular weight is 619 g/mol. The maximum Gasteiger partial charge on any atom is 0.524 e. The van der Waals surface area contributed by atoms with E-state index < -0.39 is 25.9 Å². The summed E-state index contributed by atoms with van der Waals surface area (Å²) in [6.45, 7) is 0. The normalized spacial score (nSPS) is 13.2. The lowest BCUT2D eigenvalue weighted by molar-refractivity contribution is -0.0496. The molecule has 0 aliphatic carbocycles. The van der Waals surface area contributed by atoms with Crippen molar-refractivity contribution in [1.29, 1.82) is 0 Å². The van der Waals surface area contributed by atoms with Crippen LogP contribution in [0.4, 0.5) is 13.2 Å². The van der Waals surface area contributed by atoms with Crippen molar-refractivity contribution >= 4 is 90.0 Å².